The number of fused-ring (bicyclic) bond motifs is 2. The van der Waals surface area contributed by atoms with Crippen LogP contribution in [0.25, 0.3) is 37.8 Å². The van der Waals surface area contributed by atoms with Crippen LogP contribution < -0.4 is 9.64 Å². The molecule has 49 heavy (non-hydrogen) atoms. The molecule has 0 saturated carbocycles. The van der Waals surface area contributed by atoms with E-state index in [-0.39, 0.29) is 89.8 Å². The third-order valence-corrected chi connectivity index (χ3v) is 8.83. The second-order valence-corrected chi connectivity index (χ2v) is 11.8. The molecule has 2 aromatic carbocycles. The second kappa shape index (κ2) is 17.2. The van der Waals surface area contributed by atoms with Gasteiger partial charge in [0.2, 0.25) is 12.5 Å². The van der Waals surface area contributed by atoms with Crippen molar-refractivity contribution in [3.8, 4) is 17.3 Å². The molecule has 2 aromatic heterocycles. The van der Waals surface area contributed by atoms with Gasteiger partial charge >= 0.3 is 6.01 Å². The molecule has 2 saturated heterocycles. The molecule has 2 aliphatic rings. The zero-order valence-electron chi connectivity index (χ0n) is 26.0. The van der Waals surface area contributed by atoms with E-state index in [1.165, 1.54) is 17.2 Å². The van der Waals surface area contributed by atoms with Crippen molar-refractivity contribution in [2.75, 3.05) is 58.0 Å². The van der Waals surface area contributed by atoms with E-state index in [0.717, 1.165) is 11.5 Å². The van der Waals surface area contributed by atoms with Crippen LogP contribution in [0.15, 0.2) is 54.7 Å². The van der Waals surface area contributed by atoms with E-state index in [1.54, 1.807) is 18.2 Å². The summed E-state index contributed by atoms with van der Waals surface area (Å²) in [5.74, 6) is -0.748. The molecule has 262 valence electrons. The molecule has 0 bridgehead atoms. The maximum Gasteiger partial charge on any atom is 0.319 e. The number of likely N-dealkylation sites (N-methyl/N-ethyl adjacent to an activating group) is 1. The molecule has 3 atom stereocenters. The van der Waals surface area contributed by atoms with E-state index in [4.69, 9.17) is 22.9 Å². The van der Waals surface area contributed by atoms with E-state index >= 15 is 4.39 Å². The molecule has 0 N–H and O–H groups in total. The fraction of sp³-hybridized carbons (Fsp3) is 0.382. The fourth-order valence-corrected chi connectivity index (χ4v) is 6.51. The van der Waals surface area contributed by atoms with Gasteiger partial charge in [-0.05, 0) is 31.0 Å². The summed E-state index contributed by atoms with van der Waals surface area (Å²) in [6.45, 7) is 7.82. The first-order valence-electron chi connectivity index (χ1n) is 14.9. The van der Waals surface area contributed by atoms with Crippen molar-refractivity contribution < 1.29 is 22.7 Å². The SMILES string of the molecule is C.S.S.[C-]#[N+]C[C@H]1CN(c2nc(OC[C@@H]3C[C@@H](F)CN3C)nc3c(F)c(-c4cccc5cccc(Cl)c45)ncc23)CCN1C(=O)/C=C/CF. The number of amides is 1. The average Bonchev–Trinajstić information content (AvgIpc) is 3.38. The molecule has 0 unspecified atom stereocenters. The number of hydrogen-bond donors (Lipinski definition) is 0. The Hall–Kier alpha value is -3.77. The Balaban J connectivity index is 0.00000217. The number of carbonyl (C=O) groups is 1. The van der Waals surface area contributed by atoms with E-state index in [9.17, 15) is 13.6 Å². The lowest BCUT2D eigenvalue weighted by Crippen LogP contribution is -2.56. The lowest BCUT2D eigenvalue weighted by Gasteiger charge is -2.39. The summed E-state index contributed by atoms with van der Waals surface area (Å²) in [5, 5.41) is 2.25. The topological polar surface area (TPSA) is 79.1 Å². The number of alkyl halides is 2. The third kappa shape index (κ3) is 8.17. The van der Waals surface area contributed by atoms with Crippen LogP contribution in [0.2, 0.25) is 5.02 Å². The van der Waals surface area contributed by atoms with Crippen molar-refractivity contribution in [2.45, 2.75) is 32.1 Å². The molecule has 1 amide bonds. The molecule has 0 aliphatic carbocycles. The number of allylic oxidation sites excluding steroid dienone is 1. The minimum absolute atomic E-state index is 0. The van der Waals surface area contributed by atoms with Crippen LogP contribution in [0.4, 0.5) is 19.0 Å². The number of benzene rings is 2. The van der Waals surface area contributed by atoms with Crippen LogP contribution in [0.3, 0.4) is 0 Å². The van der Waals surface area contributed by atoms with E-state index in [2.05, 4.69) is 19.8 Å². The summed E-state index contributed by atoms with van der Waals surface area (Å²) >= 11 is 6.56. The van der Waals surface area contributed by atoms with Gasteiger partial charge in [-0.15, -0.1) is 0 Å². The van der Waals surface area contributed by atoms with Crippen LogP contribution in [0.5, 0.6) is 6.01 Å². The van der Waals surface area contributed by atoms with Gasteiger partial charge in [0.15, 0.2) is 5.82 Å². The number of halogens is 4. The molecule has 2 fully saturated rings. The van der Waals surface area contributed by atoms with Crippen molar-refractivity contribution in [1.29, 1.82) is 0 Å². The Morgan fingerprint density at radius 3 is 2.59 bits per heavy atom. The van der Waals surface area contributed by atoms with Gasteiger partial charge in [-0.3, -0.25) is 14.7 Å². The third-order valence-electron chi connectivity index (χ3n) is 8.51. The molecular formula is C34H39ClF3N7O2S2. The number of anilines is 1. The van der Waals surface area contributed by atoms with Crippen LogP contribution in [0, 0.1) is 12.4 Å². The van der Waals surface area contributed by atoms with Crippen molar-refractivity contribution >= 4 is 72.0 Å². The molecule has 0 radical (unpaired) electrons. The van der Waals surface area contributed by atoms with Gasteiger partial charge in [-0.25, -0.2) is 19.7 Å². The highest BCUT2D eigenvalue weighted by molar-refractivity contribution is 7.59. The predicted molar refractivity (Wildman–Crippen MR) is 198 cm³/mol. The van der Waals surface area contributed by atoms with Gasteiger partial charge < -0.3 is 19.4 Å². The summed E-state index contributed by atoms with van der Waals surface area (Å²) in [6, 6.07) is 10.1. The Morgan fingerprint density at radius 1 is 1.14 bits per heavy atom. The number of hydrogen-bond acceptors (Lipinski definition) is 7. The summed E-state index contributed by atoms with van der Waals surface area (Å²) in [4.78, 5) is 35.2. The normalized spacial score (nSPS) is 19.3. The molecule has 6 rings (SSSR count). The van der Waals surface area contributed by atoms with E-state index in [0.29, 0.717) is 46.7 Å². The highest BCUT2D eigenvalue weighted by Gasteiger charge is 2.34. The molecule has 15 heteroatoms. The average molecular weight is 734 g/mol. The fourth-order valence-electron chi connectivity index (χ4n) is 6.23. The van der Waals surface area contributed by atoms with Gasteiger partial charge in [-0.2, -0.15) is 37.0 Å². The Kier molecular flexibility index (Phi) is 14.0. The maximum atomic E-state index is 16.6. The quantitative estimate of drug-likeness (QED) is 0.154. The Labute approximate surface area is 302 Å². The Bertz CT molecular complexity index is 1860. The molecule has 4 heterocycles. The smallest absolute Gasteiger partial charge is 0.319 e. The number of ether oxygens (including phenoxy) is 1. The van der Waals surface area contributed by atoms with Crippen LogP contribution in [0.1, 0.15) is 13.8 Å². The minimum Gasteiger partial charge on any atom is -0.462 e. The highest BCUT2D eigenvalue weighted by atomic mass is 35.5. The number of likely N-dealkylation sites (tertiary alicyclic amines) is 1. The molecular weight excluding hydrogens is 695 g/mol. The van der Waals surface area contributed by atoms with Gasteiger partial charge in [0.25, 0.3) is 0 Å². The van der Waals surface area contributed by atoms with Crippen LogP contribution >= 0.6 is 38.6 Å². The van der Waals surface area contributed by atoms with Crippen molar-refractivity contribution in [1.82, 2.24) is 24.8 Å². The number of nitrogens with zero attached hydrogens (tertiary/aromatic N) is 7. The largest absolute Gasteiger partial charge is 0.462 e. The number of aromatic nitrogens is 3. The first-order chi connectivity index (χ1) is 22.3. The first-order valence-corrected chi connectivity index (χ1v) is 15.3. The number of rotatable bonds is 8. The van der Waals surface area contributed by atoms with E-state index < -0.39 is 24.7 Å². The summed E-state index contributed by atoms with van der Waals surface area (Å²) in [7, 11) is 1.81. The highest BCUT2D eigenvalue weighted by Crippen LogP contribution is 2.37. The van der Waals surface area contributed by atoms with Gasteiger partial charge in [0, 0.05) is 60.5 Å². The molecule has 9 nitrogen and oxygen atoms in total. The van der Waals surface area contributed by atoms with Crippen molar-refractivity contribution in [2.24, 2.45) is 0 Å². The van der Waals surface area contributed by atoms with Crippen molar-refractivity contribution in [3.63, 3.8) is 0 Å². The second-order valence-electron chi connectivity index (χ2n) is 11.4. The standard InChI is InChI=1S/C33H31ClF3N7O2.CH4.2H2S/c1-38-15-23-18-43(12-13-44(23)27(45)10-5-11-35)32-25-16-39-30(24-8-3-6-20-7-4-9-26(34)28(20)24)29(37)31(25)40-33(41-32)46-19-22-14-21(36)17-42(22)2;;;/h3-10,16,21-23H,11-15,17-19H2,2H3;1H4;2*1H2/b10-5+;;;/t21-,22+,23+;;;/m1.../s1. The molecule has 4 aromatic rings. The van der Waals surface area contributed by atoms with Crippen LogP contribution in [-0.2, 0) is 4.79 Å². The summed E-state index contributed by atoms with van der Waals surface area (Å²) < 4.78 is 49.4. The van der Waals surface area contributed by atoms with Crippen molar-refractivity contribution in [3.05, 3.63) is 77.0 Å². The summed E-state index contributed by atoms with van der Waals surface area (Å²) in [5.41, 5.74) is 0.527. The number of piperazine rings is 1. The van der Waals surface area contributed by atoms with Gasteiger partial charge in [0.05, 0.1) is 5.39 Å². The molecule has 2 aliphatic heterocycles. The zero-order chi connectivity index (χ0) is 32.4. The van der Waals surface area contributed by atoms with Gasteiger partial charge in [-0.1, -0.05) is 49.4 Å². The molecule has 0 spiro atoms. The summed E-state index contributed by atoms with van der Waals surface area (Å²) in [6.07, 6.45) is 3.14. The zero-order valence-corrected chi connectivity index (χ0v) is 28.8. The number of pyridine rings is 1. The monoisotopic (exact) mass is 733 g/mol. The van der Waals surface area contributed by atoms with Gasteiger partial charge in [0.1, 0.15) is 42.5 Å². The lowest BCUT2D eigenvalue weighted by atomic mass is 10.0. The van der Waals surface area contributed by atoms with Crippen LogP contribution in [-0.4, -0.2) is 102 Å². The predicted octanol–water partition coefficient (Wildman–Crippen LogP) is 6.38. The Morgan fingerprint density at radius 2 is 1.90 bits per heavy atom. The van der Waals surface area contributed by atoms with E-state index in [1.807, 2.05) is 35.0 Å². The minimum atomic E-state index is -0.969. The number of carbonyl (C=O) groups excluding carboxylic acids is 1. The first kappa shape index (κ1) is 39.7. The lowest BCUT2D eigenvalue weighted by molar-refractivity contribution is -0.128. The maximum absolute atomic E-state index is 16.6.